The van der Waals surface area contributed by atoms with Crippen LogP contribution in [0.15, 0.2) is 35.1 Å². The van der Waals surface area contributed by atoms with Gasteiger partial charge in [0.2, 0.25) is 0 Å². The molecule has 2 rings (SSSR count). The van der Waals surface area contributed by atoms with Gasteiger partial charge in [-0.1, -0.05) is 15.9 Å². The largest absolute Gasteiger partial charge is 0.347 e. The first kappa shape index (κ1) is 12.2. The third-order valence-electron chi connectivity index (χ3n) is 2.48. The second-order valence-electron chi connectivity index (χ2n) is 3.63. The summed E-state index contributed by atoms with van der Waals surface area (Å²) in [5.74, 6) is 5.94. The second kappa shape index (κ2) is 5.39. The molecule has 0 saturated carbocycles. The molecule has 4 nitrogen and oxygen atoms in total. The maximum absolute atomic E-state index is 13.1. The number of benzene rings is 1. The fourth-order valence-electron chi connectivity index (χ4n) is 1.62. The van der Waals surface area contributed by atoms with Crippen LogP contribution in [0.1, 0.15) is 17.4 Å². The molecule has 0 fully saturated rings. The number of nitrogens with one attached hydrogen (secondary N) is 2. The standard InChI is InChI=1S/C11H12BrFN4/c12-9-2-1-8(13)5-7(9)6-10(17-14)11-15-3-4-16-11/h1-5,10,17H,6,14H2,(H,15,16). The van der Waals surface area contributed by atoms with Crippen LogP contribution >= 0.6 is 15.9 Å². The van der Waals surface area contributed by atoms with E-state index in [9.17, 15) is 4.39 Å². The van der Waals surface area contributed by atoms with Gasteiger partial charge in [-0.05, 0) is 30.2 Å². The summed E-state index contributed by atoms with van der Waals surface area (Å²) in [4.78, 5) is 7.11. The van der Waals surface area contributed by atoms with Gasteiger partial charge in [-0.25, -0.2) is 14.8 Å². The van der Waals surface area contributed by atoms with Crippen molar-refractivity contribution in [2.24, 2.45) is 5.84 Å². The van der Waals surface area contributed by atoms with Crippen molar-refractivity contribution >= 4 is 15.9 Å². The van der Waals surface area contributed by atoms with E-state index in [1.807, 2.05) is 0 Å². The smallest absolute Gasteiger partial charge is 0.124 e. The molecule has 1 heterocycles. The van der Waals surface area contributed by atoms with E-state index in [-0.39, 0.29) is 11.9 Å². The normalized spacial score (nSPS) is 12.6. The number of nitrogens with zero attached hydrogens (tertiary/aromatic N) is 1. The van der Waals surface area contributed by atoms with E-state index in [2.05, 4.69) is 31.3 Å². The second-order valence-corrected chi connectivity index (χ2v) is 4.49. The minimum absolute atomic E-state index is 0.178. The molecular formula is C11H12BrFN4. The topological polar surface area (TPSA) is 66.7 Å². The molecule has 17 heavy (non-hydrogen) atoms. The number of rotatable bonds is 4. The zero-order valence-corrected chi connectivity index (χ0v) is 10.5. The van der Waals surface area contributed by atoms with E-state index < -0.39 is 0 Å². The minimum Gasteiger partial charge on any atom is -0.347 e. The molecule has 6 heteroatoms. The van der Waals surface area contributed by atoms with Gasteiger partial charge in [0.25, 0.3) is 0 Å². The van der Waals surface area contributed by atoms with Crippen LogP contribution in [-0.2, 0) is 6.42 Å². The Morgan fingerprint density at radius 1 is 1.53 bits per heavy atom. The molecule has 2 aromatic rings. The lowest BCUT2D eigenvalue weighted by Crippen LogP contribution is -2.30. The third-order valence-corrected chi connectivity index (χ3v) is 3.26. The van der Waals surface area contributed by atoms with Crippen molar-refractivity contribution in [3.63, 3.8) is 0 Å². The molecular weight excluding hydrogens is 287 g/mol. The van der Waals surface area contributed by atoms with Gasteiger partial charge in [0.15, 0.2) is 0 Å². The van der Waals surface area contributed by atoms with Crippen LogP contribution in [0.2, 0.25) is 0 Å². The van der Waals surface area contributed by atoms with Crippen LogP contribution < -0.4 is 11.3 Å². The predicted molar refractivity (Wildman–Crippen MR) is 66.5 cm³/mol. The lowest BCUT2D eigenvalue weighted by Gasteiger charge is -2.14. The zero-order chi connectivity index (χ0) is 12.3. The molecule has 90 valence electrons. The number of hydrogen-bond donors (Lipinski definition) is 3. The summed E-state index contributed by atoms with van der Waals surface area (Å²) in [5.41, 5.74) is 3.50. The molecule has 1 unspecified atom stereocenters. The van der Waals surface area contributed by atoms with Crippen molar-refractivity contribution in [3.8, 4) is 0 Å². The lowest BCUT2D eigenvalue weighted by molar-refractivity contribution is 0.524. The molecule has 0 aliphatic rings. The summed E-state index contributed by atoms with van der Waals surface area (Å²) >= 11 is 3.39. The maximum atomic E-state index is 13.1. The zero-order valence-electron chi connectivity index (χ0n) is 8.95. The maximum Gasteiger partial charge on any atom is 0.124 e. The molecule has 4 N–H and O–H groups in total. The highest BCUT2D eigenvalue weighted by Crippen LogP contribution is 2.22. The summed E-state index contributed by atoms with van der Waals surface area (Å²) in [6, 6.07) is 4.39. The molecule has 0 amide bonds. The fraction of sp³-hybridized carbons (Fsp3) is 0.182. The number of imidazole rings is 1. The summed E-state index contributed by atoms with van der Waals surface area (Å²) in [5, 5.41) is 0. The molecule has 0 aliphatic heterocycles. The SMILES string of the molecule is NNC(Cc1cc(F)ccc1Br)c1ncc[nH]1. The van der Waals surface area contributed by atoms with Gasteiger partial charge in [-0.3, -0.25) is 5.84 Å². The number of hydrogen-bond acceptors (Lipinski definition) is 3. The number of halogens is 2. The van der Waals surface area contributed by atoms with E-state index in [1.54, 1.807) is 18.5 Å². The molecule has 1 aromatic heterocycles. The van der Waals surface area contributed by atoms with Crippen molar-refractivity contribution in [1.29, 1.82) is 0 Å². The van der Waals surface area contributed by atoms with Gasteiger partial charge >= 0.3 is 0 Å². The Hall–Kier alpha value is -1.24. The highest BCUT2D eigenvalue weighted by molar-refractivity contribution is 9.10. The van der Waals surface area contributed by atoms with Gasteiger partial charge in [-0.2, -0.15) is 0 Å². The first-order valence-electron chi connectivity index (χ1n) is 5.10. The summed E-state index contributed by atoms with van der Waals surface area (Å²) < 4.78 is 14.0. The Morgan fingerprint density at radius 3 is 3.00 bits per heavy atom. The van der Waals surface area contributed by atoms with E-state index in [1.165, 1.54) is 12.1 Å². The summed E-state index contributed by atoms with van der Waals surface area (Å²) in [6.07, 6.45) is 3.92. The van der Waals surface area contributed by atoms with Gasteiger partial charge < -0.3 is 4.98 Å². The summed E-state index contributed by atoms with van der Waals surface area (Å²) in [7, 11) is 0. The molecule has 0 radical (unpaired) electrons. The molecule has 1 atom stereocenters. The quantitative estimate of drug-likeness (QED) is 0.598. The fourth-order valence-corrected chi connectivity index (χ4v) is 2.03. The monoisotopic (exact) mass is 298 g/mol. The summed E-state index contributed by atoms with van der Waals surface area (Å²) in [6.45, 7) is 0. The first-order valence-corrected chi connectivity index (χ1v) is 5.89. The van der Waals surface area contributed by atoms with Crippen molar-refractivity contribution in [3.05, 3.63) is 52.3 Å². The van der Waals surface area contributed by atoms with Crippen LogP contribution in [0.25, 0.3) is 0 Å². The van der Waals surface area contributed by atoms with E-state index in [0.29, 0.717) is 6.42 Å². The van der Waals surface area contributed by atoms with Crippen LogP contribution in [0.5, 0.6) is 0 Å². The van der Waals surface area contributed by atoms with Gasteiger partial charge in [0, 0.05) is 16.9 Å². The van der Waals surface area contributed by atoms with Crippen molar-refractivity contribution < 1.29 is 4.39 Å². The Morgan fingerprint density at radius 2 is 2.35 bits per heavy atom. The number of hydrazine groups is 1. The Bertz CT molecular complexity index is 486. The molecule has 1 aromatic carbocycles. The third kappa shape index (κ3) is 2.91. The van der Waals surface area contributed by atoms with Crippen LogP contribution in [0, 0.1) is 5.82 Å². The van der Waals surface area contributed by atoms with Crippen molar-refractivity contribution in [2.45, 2.75) is 12.5 Å². The van der Waals surface area contributed by atoms with Gasteiger partial charge in [-0.15, -0.1) is 0 Å². The minimum atomic E-state index is -0.265. The van der Waals surface area contributed by atoms with Gasteiger partial charge in [0.05, 0.1) is 6.04 Å². The van der Waals surface area contributed by atoms with Crippen LogP contribution in [0.4, 0.5) is 4.39 Å². The average Bonchev–Trinajstić information content (AvgIpc) is 2.84. The number of aromatic amines is 1. The molecule has 0 bridgehead atoms. The van der Waals surface area contributed by atoms with Gasteiger partial charge in [0.1, 0.15) is 11.6 Å². The number of H-pyrrole nitrogens is 1. The highest BCUT2D eigenvalue weighted by atomic mass is 79.9. The lowest BCUT2D eigenvalue weighted by atomic mass is 10.1. The van der Waals surface area contributed by atoms with Crippen molar-refractivity contribution in [1.82, 2.24) is 15.4 Å². The van der Waals surface area contributed by atoms with E-state index >= 15 is 0 Å². The molecule has 0 aliphatic carbocycles. The number of aromatic nitrogens is 2. The molecule has 0 saturated heterocycles. The van der Waals surface area contributed by atoms with Crippen LogP contribution in [0.3, 0.4) is 0 Å². The van der Waals surface area contributed by atoms with E-state index in [0.717, 1.165) is 15.9 Å². The van der Waals surface area contributed by atoms with Crippen LogP contribution in [-0.4, -0.2) is 9.97 Å². The number of nitrogens with two attached hydrogens (primary N) is 1. The molecule has 0 spiro atoms. The predicted octanol–water partition coefficient (Wildman–Crippen LogP) is 2.06. The van der Waals surface area contributed by atoms with Crippen molar-refractivity contribution in [2.75, 3.05) is 0 Å². The first-order chi connectivity index (χ1) is 8.20. The van der Waals surface area contributed by atoms with E-state index in [4.69, 9.17) is 5.84 Å². The average molecular weight is 299 g/mol. The highest BCUT2D eigenvalue weighted by Gasteiger charge is 2.14. The Labute approximate surface area is 107 Å². The Kier molecular flexibility index (Phi) is 3.88. The Balaban J connectivity index is 2.21.